The van der Waals surface area contributed by atoms with E-state index in [0.717, 1.165) is 36.3 Å². The quantitative estimate of drug-likeness (QED) is 0.739. The van der Waals surface area contributed by atoms with Crippen LogP contribution in [-0.2, 0) is 0 Å². The van der Waals surface area contributed by atoms with Crippen LogP contribution in [0.2, 0.25) is 0 Å². The molecule has 0 radical (unpaired) electrons. The van der Waals surface area contributed by atoms with Crippen LogP contribution >= 0.6 is 0 Å². The van der Waals surface area contributed by atoms with Crippen molar-refractivity contribution in [2.75, 3.05) is 30.4 Å². The molecular formula is C20H22N4O. The van der Waals surface area contributed by atoms with E-state index in [0.29, 0.717) is 5.69 Å². The molecule has 3 heterocycles. The first kappa shape index (κ1) is 16.9. The molecule has 1 aliphatic heterocycles. The molecule has 1 aliphatic rings. The average molecular weight is 334 g/mol. The van der Waals surface area contributed by atoms with E-state index in [9.17, 15) is 4.79 Å². The molecule has 1 saturated heterocycles. The van der Waals surface area contributed by atoms with Crippen molar-refractivity contribution in [2.24, 2.45) is 0 Å². The summed E-state index contributed by atoms with van der Waals surface area (Å²) in [6.45, 7) is 2.20. The van der Waals surface area contributed by atoms with Gasteiger partial charge in [-0.3, -0.25) is 14.8 Å². The number of nitrogens with zero attached hydrogens (tertiary/aromatic N) is 3. The maximum absolute atomic E-state index is 10.5. The van der Waals surface area contributed by atoms with Crippen LogP contribution in [0.25, 0.3) is 10.9 Å². The van der Waals surface area contributed by atoms with E-state index in [1.807, 2.05) is 43.6 Å². The highest BCUT2D eigenvalue weighted by molar-refractivity contribution is 5.89. The van der Waals surface area contributed by atoms with Crippen molar-refractivity contribution in [1.29, 1.82) is 0 Å². The number of carbonyl (C=O) groups excluding carboxylic acids is 1. The molecule has 0 atom stereocenters. The zero-order valence-electron chi connectivity index (χ0n) is 14.4. The molecule has 0 unspecified atom stereocenters. The summed E-state index contributed by atoms with van der Waals surface area (Å²) in [6, 6.07) is 13.9. The molecule has 1 fully saturated rings. The maximum Gasteiger partial charge on any atom is 0.168 e. The number of pyridine rings is 2. The minimum atomic E-state index is 0.518. The van der Waals surface area contributed by atoms with Crippen LogP contribution in [0.4, 0.5) is 11.4 Å². The van der Waals surface area contributed by atoms with E-state index < -0.39 is 0 Å². The summed E-state index contributed by atoms with van der Waals surface area (Å²) in [7, 11) is 1.91. The van der Waals surface area contributed by atoms with Crippen LogP contribution in [-0.4, -0.2) is 36.4 Å². The van der Waals surface area contributed by atoms with Crippen molar-refractivity contribution in [2.45, 2.75) is 12.8 Å². The second-order valence-electron chi connectivity index (χ2n) is 5.88. The number of para-hydroxylation sites is 1. The zero-order chi connectivity index (χ0) is 17.5. The molecule has 25 heavy (non-hydrogen) atoms. The van der Waals surface area contributed by atoms with Gasteiger partial charge in [-0.25, -0.2) is 0 Å². The maximum atomic E-state index is 10.5. The van der Waals surface area contributed by atoms with Gasteiger partial charge in [-0.05, 0) is 37.1 Å². The number of hydrogen-bond donors (Lipinski definition) is 1. The fraction of sp³-hybridized carbons (Fsp3) is 0.250. The van der Waals surface area contributed by atoms with Crippen molar-refractivity contribution in [3.63, 3.8) is 0 Å². The Labute approximate surface area is 147 Å². The van der Waals surface area contributed by atoms with E-state index in [4.69, 9.17) is 0 Å². The Bertz CT molecular complexity index is 838. The van der Waals surface area contributed by atoms with Crippen molar-refractivity contribution < 1.29 is 4.79 Å². The Hall–Kier alpha value is -2.95. The van der Waals surface area contributed by atoms with Crippen LogP contribution < -0.4 is 10.2 Å². The topological polar surface area (TPSA) is 58.1 Å². The molecule has 1 N–H and O–H groups in total. The summed E-state index contributed by atoms with van der Waals surface area (Å²) in [5.41, 5.74) is 3.75. The third-order valence-electron chi connectivity index (χ3n) is 4.26. The summed E-state index contributed by atoms with van der Waals surface area (Å²) in [4.78, 5) is 21.0. The van der Waals surface area contributed by atoms with Gasteiger partial charge in [0.15, 0.2) is 6.29 Å². The minimum Gasteiger partial charge on any atom is -0.386 e. The van der Waals surface area contributed by atoms with Crippen LogP contribution in [0.5, 0.6) is 0 Å². The second-order valence-corrected chi connectivity index (χ2v) is 5.88. The lowest BCUT2D eigenvalue weighted by atomic mass is 10.2. The largest absolute Gasteiger partial charge is 0.386 e. The van der Waals surface area contributed by atoms with Gasteiger partial charge in [0.05, 0.1) is 11.2 Å². The van der Waals surface area contributed by atoms with Gasteiger partial charge in [-0.1, -0.05) is 18.2 Å². The summed E-state index contributed by atoms with van der Waals surface area (Å²) in [5.74, 6) is 0. The van der Waals surface area contributed by atoms with Gasteiger partial charge in [0.1, 0.15) is 5.69 Å². The molecule has 2 aromatic heterocycles. The van der Waals surface area contributed by atoms with Gasteiger partial charge in [0, 0.05) is 43.6 Å². The van der Waals surface area contributed by atoms with E-state index in [-0.39, 0.29) is 0 Å². The van der Waals surface area contributed by atoms with Gasteiger partial charge in [-0.2, -0.15) is 0 Å². The molecule has 5 heteroatoms. The van der Waals surface area contributed by atoms with Crippen LogP contribution in [0, 0.1) is 0 Å². The monoisotopic (exact) mass is 334 g/mol. The molecule has 128 valence electrons. The molecule has 0 amide bonds. The van der Waals surface area contributed by atoms with Crippen molar-refractivity contribution >= 4 is 28.6 Å². The zero-order valence-corrected chi connectivity index (χ0v) is 14.4. The summed E-state index contributed by atoms with van der Waals surface area (Å²) >= 11 is 0. The summed E-state index contributed by atoms with van der Waals surface area (Å²) in [5, 5.41) is 4.28. The number of carbonyl (C=O) groups is 1. The Morgan fingerprint density at radius 1 is 1.04 bits per heavy atom. The molecule has 3 aromatic rings. The van der Waals surface area contributed by atoms with Gasteiger partial charge < -0.3 is 10.2 Å². The molecule has 4 rings (SSSR count). The highest BCUT2D eigenvalue weighted by Crippen LogP contribution is 2.20. The normalized spacial score (nSPS) is 13.2. The Balaban J connectivity index is 0.000000146. The standard InChI is InChI=1S/C10H12N2O.C10H10N2/c13-8-9-7-10(3-4-11-9)12-5-1-2-6-12;1-11-9-6-2-4-8-5-3-7-12-10(8)9/h3-4,7-8H,1-2,5-6H2;2-7,11H,1H3. The van der Waals surface area contributed by atoms with Crippen molar-refractivity contribution in [3.8, 4) is 0 Å². The summed E-state index contributed by atoms with van der Waals surface area (Å²) < 4.78 is 0. The number of nitrogens with one attached hydrogen (secondary N) is 1. The predicted molar refractivity (Wildman–Crippen MR) is 102 cm³/mol. The number of fused-ring (bicyclic) bond motifs is 1. The second kappa shape index (κ2) is 8.24. The van der Waals surface area contributed by atoms with E-state index in [1.54, 1.807) is 6.20 Å². The lowest BCUT2D eigenvalue weighted by Gasteiger charge is -2.16. The highest BCUT2D eigenvalue weighted by Gasteiger charge is 2.12. The number of benzene rings is 1. The fourth-order valence-corrected chi connectivity index (χ4v) is 2.98. The fourth-order valence-electron chi connectivity index (χ4n) is 2.98. The molecule has 0 bridgehead atoms. The lowest BCUT2D eigenvalue weighted by molar-refractivity contribution is 0.111. The number of rotatable bonds is 3. The van der Waals surface area contributed by atoms with Gasteiger partial charge in [0.25, 0.3) is 0 Å². The highest BCUT2D eigenvalue weighted by atomic mass is 16.1. The van der Waals surface area contributed by atoms with Gasteiger partial charge in [0.2, 0.25) is 0 Å². The Kier molecular flexibility index (Phi) is 5.57. The smallest absolute Gasteiger partial charge is 0.168 e. The first-order valence-corrected chi connectivity index (χ1v) is 8.49. The third-order valence-corrected chi connectivity index (χ3v) is 4.26. The number of aldehydes is 1. The molecular weight excluding hydrogens is 312 g/mol. The van der Waals surface area contributed by atoms with Crippen LogP contribution in [0.1, 0.15) is 23.3 Å². The number of hydrogen-bond acceptors (Lipinski definition) is 5. The number of anilines is 2. The molecule has 0 spiro atoms. The first-order valence-electron chi connectivity index (χ1n) is 8.49. The molecule has 5 nitrogen and oxygen atoms in total. The van der Waals surface area contributed by atoms with E-state index in [2.05, 4.69) is 32.3 Å². The SMILES string of the molecule is CNc1cccc2cccnc12.O=Cc1cc(N2CCCC2)ccn1. The van der Waals surface area contributed by atoms with Crippen LogP contribution in [0.3, 0.4) is 0 Å². The average Bonchev–Trinajstić information content (AvgIpc) is 3.23. The van der Waals surface area contributed by atoms with Crippen molar-refractivity contribution in [1.82, 2.24) is 9.97 Å². The lowest BCUT2D eigenvalue weighted by Crippen LogP contribution is -2.17. The number of aromatic nitrogens is 2. The summed E-state index contributed by atoms with van der Waals surface area (Å²) in [6.07, 6.45) is 6.79. The minimum absolute atomic E-state index is 0.518. The van der Waals surface area contributed by atoms with Gasteiger partial charge in [-0.15, -0.1) is 0 Å². The van der Waals surface area contributed by atoms with Crippen molar-refractivity contribution in [3.05, 3.63) is 60.6 Å². The molecule has 0 aliphatic carbocycles. The molecule has 1 aromatic carbocycles. The molecule has 0 saturated carbocycles. The van der Waals surface area contributed by atoms with Gasteiger partial charge >= 0.3 is 0 Å². The first-order chi connectivity index (χ1) is 12.3. The predicted octanol–water partition coefficient (Wildman–Crippen LogP) is 3.77. The van der Waals surface area contributed by atoms with E-state index in [1.165, 1.54) is 18.2 Å². The Morgan fingerprint density at radius 2 is 1.84 bits per heavy atom. The third kappa shape index (κ3) is 4.12. The van der Waals surface area contributed by atoms with Crippen LogP contribution in [0.15, 0.2) is 54.9 Å². The van der Waals surface area contributed by atoms with E-state index >= 15 is 0 Å². The Morgan fingerprint density at radius 3 is 2.60 bits per heavy atom.